The number of hydrogen-bond donors (Lipinski definition) is 3. The fourth-order valence-electron chi connectivity index (χ4n) is 1.77. The molecule has 1 aromatic carbocycles. The number of carbonyl (C=O) groups is 2. The van der Waals surface area contributed by atoms with Crippen molar-refractivity contribution in [3.8, 4) is 0 Å². The number of nitrogens with two attached hydrogens (primary N) is 3. The van der Waals surface area contributed by atoms with Crippen LogP contribution in [-0.2, 0) is 20.7 Å². The molecule has 6 nitrogen and oxygen atoms in total. The summed E-state index contributed by atoms with van der Waals surface area (Å²) in [4.78, 5) is 23.2. The zero-order chi connectivity index (χ0) is 17.6. The lowest BCUT2D eigenvalue weighted by Gasteiger charge is -2.13. The third-order valence-corrected chi connectivity index (χ3v) is 3.03. The van der Waals surface area contributed by atoms with E-state index >= 15 is 0 Å². The van der Waals surface area contributed by atoms with Gasteiger partial charge in [-0.2, -0.15) is 0 Å². The number of hydrogen-bond acceptors (Lipinski definition) is 6. The number of carbonyl (C=O) groups excluding carboxylic acids is 2. The first kappa shape index (κ1) is 19.1. The van der Waals surface area contributed by atoms with E-state index < -0.39 is 41.5 Å². The Morgan fingerprint density at radius 2 is 1.57 bits per heavy atom. The fraction of sp³-hybridized carbons (Fsp3) is 0.429. The van der Waals surface area contributed by atoms with E-state index in [1.165, 1.54) is 0 Å². The van der Waals surface area contributed by atoms with Crippen LogP contribution >= 0.6 is 0 Å². The molecule has 0 fully saturated rings. The van der Waals surface area contributed by atoms with Crippen molar-refractivity contribution in [2.45, 2.75) is 31.3 Å². The first-order chi connectivity index (χ1) is 10.8. The third-order valence-electron chi connectivity index (χ3n) is 3.03. The van der Waals surface area contributed by atoms with E-state index in [1.54, 1.807) is 0 Å². The van der Waals surface area contributed by atoms with Crippen molar-refractivity contribution < 1.29 is 27.5 Å². The summed E-state index contributed by atoms with van der Waals surface area (Å²) in [5.41, 5.74) is 16.2. The average Bonchev–Trinajstić information content (AvgIpc) is 2.49. The molecule has 6 N–H and O–H groups in total. The lowest BCUT2D eigenvalue weighted by Crippen LogP contribution is -2.40. The Morgan fingerprint density at radius 1 is 1.04 bits per heavy atom. The van der Waals surface area contributed by atoms with Gasteiger partial charge in [0.1, 0.15) is 12.1 Å². The lowest BCUT2D eigenvalue weighted by molar-refractivity contribution is -0.161. The van der Waals surface area contributed by atoms with E-state index in [0.29, 0.717) is 25.1 Å². The molecule has 23 heavy (non-hydrogen) atoms. The van der Waals surface area contributed by atoms with Gasteiger partial charge in [0.2, 0.25) is 0 Å². The first-order valence-electron chi connectivity index (χ1n) is 6.86. The van der Waals surface area contributed by atoms with Crippen LogP contribution in [0, 0.1) is 17.5 Å². The summed E-state index contributed by atoms with van der Waals surface area (Å²) in [6.45, 7) is 0.329. The van der Waals surface area contributed by atoms with Crippen molar-refractivity contribution in [3.63, 3.8) is 0 Å². The Labute approximate surface area is 130 Å². The summed E-state index contributed by atoms with van der Waals surface area (Å²) in [6.07, 6.45) is 0.384. The zero-order valence-corrected chi connectivity index (χ0v) is 12.2. The minimum Gasteiger partial charge on any atom is -0.391 e. The maximum atomic E-state index is 13.1. The summed E-state index contributed by atoms with van der Waals surface area (Å²) < 4.78 is 43.5. The molecule has 0 heterocycles. The molecule has 0 saturated heterocycles. The largest absolute Gasteiger partial charge is 0.391 e. The van der Waals surface area contributed by atoms with Crippen molar-refractivity contribution in [1.82, 2.24) is 0 Å². The molecule has 128 valence electrons. The van der Waals surface area contributed by atoms with Gasteiger partial charge in [0.05, 0.1) is 0 Å². The molecule has 1 aromatic rings. The second-order valence-corrected chi connectivity index (χ2v) is 4.96. The molecular formula is C14H18F3N3O3. The predicted molar refractivity (Wildman–Crippen MR) is 75.4 cm³/mol. The van der Waals surface area contributed by atoms with Crippen LogP contribution in [0.1, 0.15) is 18.4 Å². The van der Waals surface area contributed by atoms with Crippen LogP contribution < -0.4 is 17.2 Å². The highest BCUT2D eigenvalue weighted by Crippen LogP contribution is 2.15. The van der Waals surface area contributed by atoms with Crippen LogP contribution in [0.15, 0.2) is 12.1 Å². The standard InChI is InChI=1S/C14H18F3N3O3/c15-8-4-7(5-9(16)12(8)17)6-11(20)14(22)23-13(21)10(19)2-1-3-18/h4-5,10-11H,1-3,6,18-20H2/t10-,11+/m0/s1. The molecule has 0 bridgehead atoms. The molecule has 0 saturated carbocycles. The van der Waals surface area contributed by atoms with Gasteiger partial charge in [-0.1, -0.05) is 0 Å². The average molecular weight is 333 g/mol. The van der Waals surface area contributed by atoms with Gasteiger partial charge in [-0.05, 0) is 43.5 Å². The molecule has 0 aliphatic rings. The van der Waals surface area contributed by atoms with Gasteiger partial charge < -0.3 is 21.9 Å². The zero-order valence-electron chi connectivity index (χ0n) is 12.2. The summed E-state index contributed by atoms with van der Waals surface area (Å²) in [6, 6.07) is -0.957. The van der Waals surface area contributed by atoms with Gasteiger partial charge in [0.25, 0.3) is 0 Å². The van der Waals surface area contributed by atoms with Crippen molar-refractivity contribution in [2.75, 3.05) is 6.54 Å². The Kier molecular flexibility index (Phi) is 7.14. The minimum absolute atomic E-state index is 0.0503. The summed E-state index contributed by atoms with van der Waals surface area (Å²) in [5, 5.41) is 0. The molecule has 1 rings (SSSR count). The number of ether oxygens (including phenoxy) is 1. The van der Waals surface area contributed by atoms with Crippen LogP contribution in [0.25, 0.3) is 0 Å². The molecule has 9 heteroatoms. The molecule has 0 aliphatic carbocycles. The normalized spacial score (nSPS) is 13.5. The lowest BCUT2D eigenvalue weighted by atomic mass is 10.1. The Hall–Kier alpha value is -1.97. The molecular weight excluding hydrogens is 315 g/mol. The van der Waals surface area contributed by atoms with Crippen LogP contribution in [0.5, 0.6) is 0 Å². The van der Waals surface area contributed by atoms with Crippen LogP contribution in [0.3, 0.4) is 0 Å². The molecule has 0 spiro atoms. The van der Waals surface area contributed by atoms with Gasteiger partial charge in [-0.3, -0.25) is 0 Å². The van der Waals surface area contributed by atoms with Crippen molar-refractivity contribution >= 4 is 11.9 Å². The fourth-order valence-corrected chi connectivity index (χ4v) is 1.77. The van der Waals surface area contributed by atoms with Crippen LogP contribution in [0.2, 0.25) is 0 Å². The van der Waals surface area contributed by atoms with Gasteiger partial charge >= 0.3 is 11.9 Å². The van der Waals surface area contributed by atoms with E-state index in [1.807, 2.05) is 0 Å². The maximum Gasteiger partial charge on any atom is 0.330 e. The monoisotopic (exact) mass is 333 g/mol. The predicted octanol–water partition coefficient (Wildman–Crippen LogP) is 0.110. The maximum absolute atomic E-state index is 13.1. The topological polar surface area (TPSA) is 121 Å². The van der Waals surface area contributed by atoms with Crippen molar-refractivity contribution in [1.29, 1.82) is 0 Å². The van der Waals surface area contributed by atoms with Crippen LogP contribution in [-0.4, -0.2) is 30.6 Å². The van der Waals surface area contributed by atoms with E-state index in [4.69, 9.17) is 17.2 Å². The molecule has 0 aromatic heterocycles. The summed E-state index contributed by atoms with van der Waals surface area (Å²) in [5.74, 6) is -6.48. The van der Waals surface area contributed by atoms with E-state index in [0.717, 1.165) is 0 Å². The second-order valence-electron chi connectivity index (χ2n) is 4.96. The highest BCUT2D eigenvalue weighted by Gasteiger charge is 2.24. The number of rotatable bonds is 7. The van der Waals surface area contributed by atoms with Crippen molar-refractivity contribution in [2.24, 2.45) is 17.2 Å². The highest BCUT2D eigenvalue weighted by molar-refractivity contribution is 5.90. The van der Waals surface area contributed by atoms with E-state index in [2.05, 4.69) is 4.74 Å². The number of benzene rings is 1. The third kappa shape index (κ3) is 5.62. The Balaban J connectivity index is 2.62. The Bertz CT molecular complexity index is 561. The number of esters is 2. The first-order valence-corrected chi connectivity index (χ1v) is 6.86. The van der Waals surface area contributed by atoms with Gasteiger partial charge in [-0.25, -0.2) is 22.8 Å². The summed E-state index contributed by atoms with van der Waals surface area (Å²) in [7, 11) is 0. The van der Waals surface area contributed by atoms with Gasteiger partial charge in [0.15, 0.2) is 17.5 Å². The quantitative estimate of drug-likeness (QED) is 0.370. The Morgan fingerprint density at radius 3 is 2.09 bits per heavy atom. The molecule has 0 amide bonds. The molecule has 0 aliphatic heterocycles. The highest BCUT2D eigenvalue weighted by atomic mass is 19.2. The smallest absolute Gasteiger partial charge is 0.330 e. The number of halogens is 3. The van der Waals surface area contributed by atoms with Crippen LogP contribution in [0.4, 0.5) is 13.2 Å². The van der Waals surface area contributed by atoms with Gasteiger partial charge in [-0.15, -0.1) is 0 Å². The minimum atomic E-state index is -1.62. The van der Waals surface area contributed by atoms with E-state index in [-0.39, 0.29) is 18.4 Å². The SMILES string of the molecule is NCCC[C@H](N)C(=O)OC(=O)[C@H](N)Cc1cc(F)c(F)c(F)c1. The second kappa shape index (κ2) is 8.61. The molecule has 0 radical (unpaired) electrons. The van der Waals surface area contributed by atoms with E-state index in [9.17, 15) is 22.8 Å². The summed E-state index contributed by atoms with van der Waals surface area (Å²) >= 11 is 0. The van der Waals surface area contributed by atoms with Crippen molar-refractivity contribution in [3.05, 3.63) is 35.1 Å². The molecule has 2 atom stereocenters. The molecule has 0 unspecified atom stereocenters. The van der Waals surface area contributed by atoms with Gasteiger partial charge in [0, 0.05) is 0 Å².